The Labute approximate surface area is 153 Å². The molecule has 1 aromatic heterocycles. The summed E-state index contributed by atoms with van der Waals surface area (Å²) in [7, 11) is 1.44. The van der Waals surface area contributed by atoms with Crippen LogP contribution < -0.4 is 5.32 Å². The van der Waals surface area contributed by atoms with E-state index in [0.29, 0.717) is 11.6 Å². The van der Waals surface area contributed by atoms with Gasteiger partial charge in [-0.25, -0.2) is 0 Å². The van der Waals surface area contributed by atoms with Gasteiger partial charge in [-0.15, -0.1) is 0 Å². The number of ether oxygens (including phenoxy) is 1. The molecule has 1 aliphatic rings. The summed E-state index contributed by atoms with van der Waals surface area (Å²) in [6.45, 7) is 0. The SMILES string of the molecule is COC(=O)C1CCC(Cc2ccc(CC(=O)Nc3ccccc3)nn2)C1. The topological polar surface area (TPSA) is 81.2 Å². The maximum Gasteiger partial charge on any atom is 0.308 e. The average molecular weight is 353 g/mol. The van der Waals surface area contributed by atoms with E-state index in [9.17, 15) is 9.59 Å². The Morgan fingerprint density at radius 2 is 1.81 bits per heavy atom. The first-order valence-corrected chi connectivity index (χ1v) is 8.88. The van der Waals surface area contributed by atoms with Crippen molar-refractivity contribution >= 4 is 17.6 Å². The quantitative estimate of drug-likeness (QED) is 0.808. The van der Waals surface area contributed by atoms with Gasteiger partial charge in [-0.3, -0.25) is 9.59 Å². The van der Waals surface area contributed by atoms with E-state index in [1.165, 1.54) is 7.11 Å². The first kappa shape index (κ1) is 18.0. The van der Waals surface area contributed by atoms with E-state index in [4.69, 9.17) is 4.74 Å². The van der Waals surface area contributed by atoms with Crippen LogP contribution in [0.4, 0.5) is 5.69 Å². The Bertz CT molecular complexity index is 747. The minimum atomic E-state index is -0.116. The van der Waals surface area contributed by atoms with E-state index in [0.717, 1.165) is 37.1 Å². The minimum absolute atomic E-state index is 0.0129. The van der Waals surface area contributed by atoms with Crippen molar-refractivity contribution in [1.82, 2.24) is 10.2 Å². The van der Waals surface area contributed by atoms with Crippen LogP contribution in [0, 0.1) is 11.8 Å². The fraction of sp³-hybridized carbons (Fsp3) is 0.400. The largest absolute Gasteiger partial charge is 0.469 e. The van der Waals surface area contributed by atoms with Gasteiger partial charge in [-0.2, -0.15) is 10.2 Å². The molecule has 1 N–H and O–H groups in total. The predicted molar refractivity (Wildman–Crippen MR) is 97.4 cm³/mol. The van der Waals surface area contributed by atoms with E-state index in [-0.39, 0.29) is 24.2 Å². The zero-order valence-electron chi connectivity index (χ0n) is 14.9. The molecule has 2 unspecified atom stereocenters. The molecule has 1 aliphatic carbocycles. The number of hydrogen-bond acceptors (Lipinski definition) is 5. The molecular weight excluding hydrogens is 330 g/mol. The summed E-state index contributed by atoms with van der Waals surface area (Å²) in [4.78, 5) is 23.7. The van der Waals surface area contributed by atoms with Crippen LogP contribution in [-0.2, 0) is 27.2 Å². The number of anilines is 1. The number of rotatable bonds is 6. The fourth-order valence-corrected chi connectivity index (χ4v) is 3.42. The normalized spacial score (nSPS) is 19.1. The Morgan fingerprint density at radius 1 is 1.08 bits per heavy atom. The van der Waals surface area contributed by atoms with Gasteiger partial charge >= 0.3 is 5.97 Å². The lowest BCUT2D eigenvalue weighted by Crippen LogP contribution is -2.16. The summed E-state index contributed by atoms with van der Waals surface area (Å²) in [5.41, 5.74) is 2.30. The summed E-state index contributed by atoms with van der Waals surface area (Å²) in [6.07, 6.45) is 3.72. The number of esters is 1. The molecule has 1 saturated carbocycles. The number of carbonyl (C=O) groups is 2. The molecule has 26 heavy (non-hydrogen) atoms. The van der Waals surface area contributed by atoms with Crippen molar-refractivity contribution in [3.05, 3.63) is 53.9 Å². The summed E-state index contributed by atoms with van der Waals surface area (Å²) in [6, 6.07) is 13.1. The molecule has 136 valence electrons. The molecule has 0 aliphatic heterocycles. The zero-order chi connectivity index (χ0) is 18.4. The van der Waals surface area contributed by atoms with Gasteiger partial charge in [0.2, 0.25) is 5.91 Å². The van der Waals surface area contributed by atoms with Gasteiger partial charge in [-0.05, 0) is 55.9 Å². The number of nitrogens with one attached hydrogen (secondary N) is 1. The summed E-state index contributed by atoms with van der Waals surface area (Å²) in [5, 5.41) is 11.3. The van der Waals surface area contributed by atoms with Gasteiger partial charge in [0.05, 0.1) is 30.8 Å². The van der Waals surface area contributed by atoms with Crippen LogP contribution in [0.3, 0.4) is 0 Å². The Hall–Kier alpha value is -2.76. The number of carbonyl (C=O) groups excluding carboxylic acids is 2. The van der Waals surface area contributed by atoms with E-state index in [2.05, 4.69) is 15.5 Å². The van der Waals surface area contributed by atoms with Crippen molar-refractivity contribution in [3.8, 4) is 0 Å². The highest BCUT2D eigenvalue weighted by atomic mass is 16.5. The third-order valence-corrected chi connectivity index (χ3v) is 4.75. The van der Waals surface area contributed by atoms with Crippen molar-refractivity contribution in [1.29, 1.82) is 0 Å². The molecule has 2 aromatic rings. The van der Waals surface area contributed by atoms with Crippen molar-refractivity contribution in [2.24, 2.45) is 11.8 Å². The fourth-order valence-electron chi connectivity index (χ4n) is 3.42. The van der Waals surface area contributed by atoms with Crippen molar-refractivity contribution in [3.63, 3.8) is 0 Å². The van der Waals surface area contributed by atoms with Crippen LogP contribution >= 0.6 is 0 Å². The Morgan fingerprint density at radius 3 is 2.50 bits per heavy atom. The maximum absolute atomic E-state index is 12.1. The Balaban J connectivity index is 1.49. The number of amides is 1. The zero-order valence-corrected chi connectivity index (χ0v) is 14.9. The summed E-state index contributed by atoms with van der Waals surface area (Å²) < 4.78 is 4.82. The maximum atomic E-state index is 12.1. The number of methoxy groups -OCH3 is 1. The van der Waals surface area contributed by atoms with Crippen LogP contribution in [0.1, 0.15) is 30.7 Å². The highest BCUT2D eigenvalue weighted by molar-refractivity contribution is 5.91. The van der Waals surface area contributed by atoms with Gasteiger partial charge in [0, 0.05) is 5.69 Å². The highest BCUT2D eigenvalue weighted by Gasteiger charge is 2.30. The number of aromatic nitrogens is 2. The van der Waals surface area contributed by atoms with E-state index in [1.54, 1.807) is 0 Å². The molecule has 0 bridgehead atoms. The van der Waals surface area contributed by atoms with Crippen LogP contribution in [0.15, 0.2) is 42.5 Å². The summed E-state index contributed by atoms with van der Waals surface area (Å²) >= 11 is 0. The number of hydrogen-bond donors (Lipinski definition) is 1. The third kappa shape index (κ3) is 4.88. The van der Waals surface area contributed by atoms with Crippen LogP contribution in [-0.4, -0.2) is 29.2 Å². The molecule has 0 spiro atoms. The standard InChI is InChI=1S/C20H23N3O3/c1-26-20(25)15-8-7-14(11-15)12-17-9-10-18(23-22-17)13-19(24)21-16-5-3-2-4-6-16/h2-6,9-10,14-15H,7-8,11-13H2,1H3,(H,21,24). The van der Waals surface area contributed by atoms with Crippen LogP contribution in [0.2, 0.25) is 0 Å². The molecule has 2 atom stereocenters. The molecule has 6 heteroatoms. The highest BCUT2D eigenvalue weighted by Crippen LogP contribution is 2.33. The molecule has 1 amide bonds. The van der Waals surface area contributed by atoms with Crippen LogP contribution in [0.25, 0.3) is 0 Å². The lowest BCUT2D eigenvalue weighted by atomic mass is 9.99. The molecule has 6 nitrogen and oxygen atoms in total. The molecule has 0 radical (unpaired) electrons. The van der Waals surface area contributed by atoms with Crippen molar-refractivity contribution in [2.75, 3.05) is 12.4 Å². The van der Waals surface area contributed by atoms with Crippen molar-refractivity contribution in [2.45, 2.75) is 32.1 Å². The predicted octanol–water partition coefficient (Wildman–Crippen LogP) is 2.79. The van der Waals surface area contributed by atoms with E-state index >= 15 is 0 Å². The van der Waals surface area contributed by atoms with Gasteiger partial charge in [0.25, 0.3) is 0 Å². The summed E-state index contributed by atoms with van der Waals surface area (Å²) in [5.74, 6) is 0.216. The van der Waals surface area contributed by atoms with Gasteiger partial charge < -0.3 is 10.1 Å². The second-order valence-electron chi connectivity index (χ2n) is 6.71. The van der Waals surface area contributed by atoms with Gasteiger partial charge in [-0.1, -0.05) is 18.2 Å². The van der Waals surface area contributed by atoms with E-state index in [1.807, 2.05) is 42.5 Å². The second-order valence-corrected chi connectivity index (χ2v) is 6.71. The number of benzene rings is 1. The average Bonchev–Trinajstić information content (AvgIpc) is 3.12. The number of nitrogens with zero attached hydrogens (tertiary/aromatic N) is 2. The molecule has 0 saturated heterocycles. The van der Waals surface area contributed by atoms with Gasteiger partial charge in [0.1, 0.15) is 0 Å². The molecule has 3 rings (SSSR count). The molecule has 1 heterocycles. The van der Waals surface area contributed by atoms with Gasteiger partial charge in [0.15, 0.2) is 0 Å². The molecule has 1 fully saturated rings. The lowest BCUT2D eigenvalue weighted by Gasteiger charge is -2.10. The number of para-hydroxylation sites is 1. The van der Waals surface area contributed by atoms with Crippen LogP contribution in [0.5, 0.6) is 0 Å². The smallest absolute Gasteiger partial charge is 0.308 e. The first-order chi connectivity index (χ1) is 12.6. The third-order valence-electron chi connectivity index (χ3n) is 4.75. The minimum Gasteiger partial charge on any atom is -0.469 e. The lowest BCUT2D eigenvalue weighted by molar-refractivity contribution is -0.145. The monoisotopic (exact) mass is 353 g/mol. The molecule has 1 aromatic carbocycles. The first-order valence-electron chi connectivity index (χ1n) is 8.88. The van der Waals surface area contributed by atoms with E-state index < -0.39 is 0 Å². The second kappa shape index (κ2) is 8.56. The van der Waals surface area contributed by atoms with Crippen molar-refractivity contribution < 1.29 is 14.3 Å². The molecular formula is C20H23N3O3. The Kier molecular flexibility index (Phi) is 5.94.